The molecule has 1 amide bonds. The summed E-state index contributed by atoms with van der Waals surface area (Å²) in [5.41, 5.74) is 0.507. The van der Waals surface area contributed by atoms with E-state index in [-0.39, 0.29) is 11.9 Å². The van der Waals surface area contributed by atoms with Crippen LogP contribution in [0.15, 0.2) is 23.2 Å². The van der Waals surface area contributed by atoms with Crippen molar-refractivity contribution in [2.24, 2.45) is 10.4 Å². The van der Waals surface area contributed by atoms with Crippen molar-refractivity contribution in [2.75, 3.05) is 33.9 Å². The monoisotopic (exact) mass is 378 g/mol. The molecule has 0 aromatic heterocycles. The zero-order chi connectivity index (χ0) is 20.4. The van der Waals surface area contributed by atoms with E-state index >= 15 is 0 Å². The SMILES string of the molecule is CCOc1ccc(C(C)NC(=NC)NCC(C)(C)C(=O)NC)cc1OCC. The number of aliphatic imine (C=N–C) groups is 1. The van der Waals surface area contributed by atoms with Crippen molar-refractivity contribution in [1.82, 2.24) is 16.0 Å². The molecule has 0 saturated carbocycles. The Morgan fingerprint density at radius 1 is 1.19 bits per heavy atom. The van der Waals surface area contributed by atoms with Crippen LogP contribution in [0, 0.1) is 5.41 Å². The van der Waals surface area contributed by atoms with Crippen molar-refractivity contribution in [3.8, 4) is 11.5 Å². The van der Waals surface area contributed by atoms with Gasteiger partial charge in [0.1, 0.15) is 0 Å². The minimum atomic E-state index is -0.545. The van der Waals surface area contributed by atoms with Crippen LogP contribution in [0.3, 0.4) is 0 Å². The fraction of sp³-hybridized carbons (Fsp3) is 0.600. The van der Waals surface area contributed by atoms with Crippen LogP contribution in [0.4, 0.5) is 0 Å². The van der Waals surface area contributed by atoms with E-state index in [1.165, 1.54) is 0 Å². The Kier molecular flexibility index (Phi) is 8.91. The molecular weight excluding hydrogens is 344 g/mol. The molecule has 0 aliphatic rings. The van der Waals surface area contributed by atoms with Gasteiger partial charge in [-0.2, -0.15) is 0 Å². The Labute approximate surface area is 162 Å². The second-order valence-corrected chi connectivity index (χ2v) is 6.83. The Bertz CT molecular complexity index is 644. The van der Waals surface area contributed by atoms with Crippen molar-refractivity contribution in [3.63, 3.8) is 0 Å². The number of rotatable bonds is 9. The number of carbonyl (C=O) groups excluding carboxylic acids is 1. The van der Waals surface area contributed by atoms with Gasteiger partial charge in [0.05, 0.1) is 24.7 Å². The van der Waals surface area contributed by atoms with E-state index < -0.39 is 5.41 Å². The highest BCUT2D eigenvalue weighted by Crippen LogP contribution is 2.30. The molecule has 0 saturated heterocycles. The van der Waals surface area contributed by atoms with E-state index in [0.717, 1.165) is 17.1 Å². The third kappa shape index (κ3) is 6.66. The van der Waals surface area contributed by atoms with Gasteiger partial charge in [-0.25, -0.2) is 0 Å². The van der Waals surface area contributed by atoms with E-state index in [2.05, 4.69) is 20.9 Å². The standard InChI is InChI=1S/C20H34N4O3/c1-8-26-16-11-10-15(12-17(16)27-9-2)14(3)24-19(22-7)23-13-20(4,5)18(25)21-6/h10-12,14H,8-9,13H2,1-7H3,(H,21,25)(H2,22,23,24). The van der Waals surface area contributed by atoms with Crippen molar-refractivity contribution in [2.45, 2.75) is 40.7 Å². The van der Waals surface area contributed by atoms with E-state index in [4.69, 9.17) is 9.47 Å². The highest BCUT2D eigenvalue weighted by Gasteiger charge is 2.26. The van der Waals surface area contributed by atoms with Gasteiger partial charge in [0.15, 0.2) is 17.5 Å². The number of nitrogens with one attached hydrogen (secondary N) is 3. The van der Waals surface area contributed by atoms with Gasteiger partial charge in [-0.1, -0.05) is 6.07 Å². The number of hydrogen-bond donors (Lipinski definition) is 3. The summed E-state index contributed by atoms with van der Waals surface area (Å²) < 4.78 is 11.3. The van der Waals surface area contributed by atoms with E-state index in [9.17, 15) is 4.79 Å². The summed E-state index contributed by atoms with van der Waals surface area (Å²) in [5, 5.41) is 9.25. The first-order valence-corrected chi connectivity index (χ1v) is 9.37. The van der Waals surface area contributed by atoms with Crippen LogP contribution >= 0.6 is 0 Å². The predicted molar refractivity (Wildman–Crippen MR) is 110 cm³/mol. The normalized spacial score (nSPS) is 12.9. The van der Waals surface area contributed by atoms with Crippen LogP contribution in [0.2, 0.25) is 0 Å². The van der Waals surface area contributed by atoms with Gasteiger partial charge in [0, 0.05) is 20.6 Å². The van der Waals surface area contributed by atoms with Gasteiger partial charge >= 0.3 is 0 Å². The minimum Gasteiger partial charge on any atom is -0.490 e. The third-order valence-electron chi connectivity index (χ3n) is 4.18. The molecule has 0 heterocycles. The van der Waals surface area contributed by atoms with Crippen molar-refractivity contribution >= 4 is 11.9 Å². The molecule has 7 nitrogen and oxygen atoms in total. The lowest BCUT2D eigenvalue weighted by atomic mass is 9.92. The smallest absolute Gasteiger partial charge is 0.227 e. The number of hydrogen-bond acceptors (Lipinski definition) is 4. The number of carbonyl (C=O) groups is 1. The lowest BCUT2D eigenvalue weighted by molar-refractivity contribution is -0.128. The molecular formula is C20H34N4O3. The number of guanidine groups is 1. The van der Waals surface area contributed by atoms with Gasteiger partial charge < -0.3 is 25.4 Å². The van der Waals surface area contributed by atoms with Crippen LogP contribution in [-0.4, -0.2) is 45.7 Å². The van der Waals surface area contributed by atoms with Gasteiger partial charge in [0.25, 0.3) is 0 Å². The molecule has 0 aliphatic carbocycles. The lowest BCUT2D eigenvalue weighted by Crippen LogP contribution is -2.47. The molecule has 1 unspecified atom stereocenters. The molecule has 152 valence electrons. The van der Waals surface area contributed by atoms with Crippen LogP contribution in [-0.2, 0) is 4.79 Å². The number of ether oxygens (including phenoxy) is 2. The zero-order valence-electron chi connectivity index (χ0n) is 17.6. The van der Waals surface area contributed by atoms with Gasteiger partial charge in [-0.05, 0) is 52.3 Å². The van der Waals surface area contributed by atoms with Crippen molar-refractivity contribution < 1.29 is 14.3 Å². The lowest BCUT2D eigenvalue weighted by Gasteiger charge is -2.25. The molecule has 1 aromatic carbocycles. The molecule has 27 heavy (non-hydrogen) atoms. The first kappa shape index (κ1) is 22.6. The second-order valence-electron chi connectivity index (χ2n) is 6.83. The Morgan fingerprint density at radius 2 is 1.81 bits per heavy atom. The molecule has 7 heteroatoms. The van der Waals surface area contributed by atoms with Crippen LogP contribution in [0.5, 0.6) is 11.5 Å². The maximum atomic E-state index is 11.9. The summed E-state index contributed by atoms with van der Waals surface area (Å²) in [6.45, 7) is 11.3. The topological polar surface area (TPSA) is 84.0 Å². The summed E-state index contributed by atoms with van der Waals surface area (Å²) >= 11 is 0. The molecule has 0 aliphatic heterocycles. The average Bonchev–Trinajstić information content (AvgIpc) is 2.65. The predicted octanol–water partition coefficient (Wildman–Crippen LogP) is 2.48. The summed E-state index contributed by atoms with van der Waals surface area (Å²) in [6, 6.07) is 5.91. The summed E-state index contributed by atoms with van der Waals surface area (Å²) in [6.07, 6.45) is 0. The Balaban J connectivity index is 2.82. The van der Waals surface area contributed by atoms with Crippen LogP contribution < -0.4 is 25.4 Å². The fourth-order valence-electron chi connectivity index (χ4n) is 2.54. The molecule has 0 radical (unpaired) electrons. The van der Waals surface area contributed by atoms with Crippen LogP contribution in [0.1, 0.15) is 46.2 Å². The number of amides is 1. The molecule has 0 fully saturated rings. The second kappa shape index (κ2) is 10.6. The quantitative estimate of drug-likeness (QED) is 0.454. The van der Waals surface area contributed by atoms with E-state index in [1.54, 1.807) is 14.1 Å². The largest absolute Gasteiger partial charge is 0.490 e. The highest BCUT2D eigenvalue weighted by molar-refractivity contribution is 5.84. The third-order valence-corrected chi connectivity index (χ3v) is 4.18. The summed E-state index contributed by atoms with van der Waals surface area (Å²) in [4.78, 5) is 16.2. The number of nitrogens with zero attached hydrogens (tertiary/aromatic N) is 1. The first-order valence-electron chi connectivity index (χ1n) is 9.37. The van der Waals surface area contributed by atoms with E-state index in [1.807, 2.05) is 52.8 Å². The molecule has 0 spiro atoms. The highest BCUT2D eigenvalue weighted by atomic mass is 16.5. The van der Waals surface area contributed by atoms with E-state index in [0.29, 0.717) is 25.7 Å². The van der Waals surface area contributed by atoms with Crippen LogP contribution in [0.25, 0.3) is 0 Å². The average molecular weight is 379 g/mol. The van der Waals surface area contributed by atoms with Crippen molar-refractivity contribution in [3.05, 3.63) is 23.8 Å². The first-order chi connectivity index (χ1) is 12.8. The molecule has 3 N–H and O–H groups in total. The minimum absolute atomic E-state index is 0.00537. The molecule has 0 bridgehead atoms. The fourth-order valence-corrected chi connectivity index (χ4v) is 2.54. The Hall–Kier alpha value is -2.44. The van der Waals surface area contributed by atoms with Gasteiger partial charge in [-0.15, -0.1) is 0 Å². The van der Waals surface area contributed by atoms with Gasteiger partial charge in [0.2, 0.25) is 5.91 Å². The van der Waals surface area contributed by atoms with Crippen molar-refractivity contribution in [1.29, 1.82) is 0 Å². The summed E-state index contributed by atoms with van der Waals surface area (Å²) in [7, 11) is 3.35. The molecule has 1 atom stereocenters. The molecule has 1 rings (SSSR count). The molecule has 1 aromatic rings. The summed E-state index contributed by atoms with van der Waals surface area (Å²) in [5.74, 6) is 2.08. The zero-order valence-corrected chi connectivity index (χ0v) is 17.6. The van der Waals surface area contributed by atoms with Gasteiger partial charge in [-0.3, -0.25) is 9.79 Å². The Morgan fingerprint density at radius 3 is 2.37 bits per heavy atom. The number of benzene rings is 1. The maximum absolute atomic E-state index is 11.9. The maximum Gasteiger partial charge on any atom is 0.227 e.